The predicted octanol–water partition coefficient (Wildman–Crippen LogP) is 5.15. The van der Waals surface area contributed by atoms with E-state index in [4.69, 9.17) is 0 Å². The van der Waals surface area contributed by atoms with Crippen LogP contribution in [0.3, 0.4) is 0 Å². The molecule has 144 valence electrons. The maximum absolute atomic E-state index is 13.2. The molecule has 1 fully saturated rings. The van der Waals surface area contributed by atoms with E-state index in [0.29, 0.717) is 12.1 Å². The molecule has 1 N–H and O–H groups in total. The van der Waals surface area contributed by atoms with E-state index in [0.717, 1.165) is 16.2 Å². The van der Waals surface area contributed by atoms with Crippen LogP contribution in [0.25, 0.3) is 16.6 Å². The molecule has 0 saturated carbocycles. The monoisotopic (exact) mass is 398 g/mol. The van der Waals surface area contributed by atoms with Crippen LogP contribution in [0.2, 0.25) is 0 Å². The summed E-state index contributed by atoms with van der Waals surface area (Å²) in [6, 6.07) is 27.7. The van der Waals surface area contributed by atoms with Gasteiger partial charge in [0.05, 0.1) is 16.3 Å². The minimum absolute atomic E-state index is 0.400. The molecule has 0 spiro atoms. The normalized spacial score (nSPS) is 21.2. The lowest BCUT2D eigenvalue weighted by Crippen LogP contribution is -2.32. The number of benzene rings is 3. The van der Waals surface area contributed by atoms with E-state index in [9.17, 15) is 4.21 Å². The summed E-state index contributed by atoms with van der Waals surface area (Å²) < 4.78 is 15.6. The van der Waals surface area contributed by atoms with Crippen LogP contribution in [0.1, 0.15) is 30.1 Å². The van der Waals surface area contributed by atoms with Crippen LogP contribution in [-0.4, -0.2) is 14.8 Å². The van der Waals surface area contributed by atoms with Crippen molar-refractivity contribution in [3.05, 3.63) is 90.1 Å². The highest BCUT2D eigenvalue weighted by Crippen LogP contribution is 2.43. The third-order valence-corrected chi connectivity index (χ3v) is 7.68. The SMILES string of the molecule is O=S(c1ccccc1)c1ccc2c(c1)c1c(n2-c2ccccc2)CC2CCC1N2. The second-order valence-corrected chi connectivity index (χ2v) is 9.47. The number of rotatable bonds is 3. The quantitative estimate of drug-likeness (QED) is 0.518. The summed E-state index contributed by atoms with van der Waals surface area (Å²) in [5.74, 6) is 0. The first-order valence-electron chi connectivity index (χ1n) is 10.2. The van der Waals surface area contributed by atoms with Crippen LogP contribution < -0.4 is 5.32 Å². The topological polar surface area (TPSA) is 34.0 Å². The van der Waals surface area contributed by atoms with Crippen molar-refractivity contribution in [3.8, 4) is 5.69 Å². The maximum atomic E-state index is 13.2. The Labute approximate surface area is 172 Å². The molecule has 2 bridgehead atoms. The Bertz CT molecular complexity index is 1230. The molecule has 6 rings (SSSR count). The van der Waals surface area contributed by atoms with E-state index >= 15 is 0 Å². The number of para-hydroxylation sites is 1. The lowest BCUT2D eigenvalue weighted by Gasteiger charge is -2.24. The molecule has 3 nitrogen and oxygen atoms in total. The van der Waals surface area contributed by atoms with Crippen molar-refractivity contribution in [2.75, 3.05) is 0 Å². The molecule has 2 aliphatic heterocycles. The third kappa shape index (κ3) is 2.70. The van der Waals surface area contributed by atoms with Crippen molar-refractivity contribution >= 4 is 21.7 Å². The van der Waals surface area contributed by atoms with Gasteiger partial charge in [-0.05, 0) is 60.9 Å². The summed E-state index contributed by atoms with van der Waals surface area (Å²) in [6.45, 7) is 0. The van der Waals surface area contributed by atoms with Crippen molar-refractivity contribution in [3.63, 3.8) is 0 Å². The lowest BCUT2D eigenvalue weighted by molar-refractivity contribution is 0.508. The van der Waals surface area contributed by atoms with Gasteiger partial charge >= 0.3 is 0 Å². The van der Waals surface area contributed by atoms with Crippen molar-refractivity contribution in [1.82, 2.24) is 9.88 Å². The molecule has 0 amide bonds. The largest absolute Gasteiger partial charge is 0.313 e. The minimum atomic E-state index is -1.17. The van der Waals surface area contributed by atoms with Crippen LogP contribution in [0, 0.1) is 0 Å². The first-order chi connectivity index (χ1) is 14.3. The number of nitrogens with one attached hydrogen (secondary N) is 1. The van der Waals surface area contributed by atoms with E-state index < -0.39 is 10.8 Å². The lowest BCUT2D eigenvalue weighted by atomic mass is 9.99. The van der Waals surface area contributed by atoms with Gasteiger partial charge in [0.15, 0.2) is 0 Å². The van der Waals surface area contributed by atoms with Gasteiger partial charge in [-0.15, -0.1) is 0 Å². The van der Waals surface area contributed by atoms with Crippen LogP contribution in [-0.2, 0) is 17.2 Å². The number of hydrogen-bond acceptors (Lipinski definition) is 2. The standard InChI is InChI=1S/C25H22N2OS/c28-29(19-9-5-2-6-10-19)20-12-14-23-21(16-20)25-22-13-11-17(26-22)15-24(25)27(23)18-7-3-1-4-8-18/h1-10,12,14,16-17,22,26H,11,13,15H2. The van der Waals surface area contributed by atoms with Gasteiger partial charge in [-0.3, -0.25) is 0 Å². The minimum Gasteiger partial charge on any atom is -0.313 e. The first-order valence-corrected chi connectivity index (χ1v) is 11.4. The van der Waals surface area contributed by atoms with E-state index in [1.165, 1.54) is 40.7 Å². The van der Waals surface area contributed by atoms with Crippen LogP contribution in [0.4, 0.5) is 0 Å². The summed E-state index contributed by atoms with van der Waals surface area (Å²) in [5.41, 5.74) is 5.24. The number of nitrogens with zero attached hydrogens (tertiary/aromatic N) is 1. The zero-order valence-electron chi connectivity index (χ0n) is 16.0. The Morgan fingerprint density at radius 2 is 1.62 bits per heavy atom. The zero-order chi connectivity index (χ0) is 19.4. The highest BCUT2D eigenvalue weighted by molar-refractivity contribution is 7.85. The van der Waals surface area contributed by atoms with Gasteiger partial charge in [-0.25, -0.2) is 4.21 Å². The zero-order valence-corrected chi connectivity index (χ0v) is 16.9. The predicted molar refractivity (Wildman–Crippen MR) is 117 cm³/mol. The fourth-order valence-corrected chi connectivity index (χ4v) is 6.14. The summed E-state index contributed by atoms with van der Waals surface area (Å²) in [5, 5.41) is 5.03. The Morgan fingerprint density at radius 3 is 2.41 bits per heavy atom. The summed E-state index contributed by atoms with van der Waals surface area (Å²) in [7, 11) is -1.17. The average Bonchev–Trinajstić information content (AvgIpc) is 3.32. The fraction of sp³-hybridized carbons (Fsp3) is 0.200. The molecule has 3 unspecified atom stereocenters. The molecule has 4 aromatic rings. The van der Waals surface area contributed by atoms with Gasteiger partial charge in [0.25, 0.3) is 0 Å². The van der Waals surface area contributed by atoms with E-state index in [2.05, 4.69) is 52.3 Å². The maximum Gasteiger partial charge on any atom is 0.0849 e. The second-order valence-electron chi connectivity index (χ2n) is 7.99. The van der Waals surface area contributed by atoms with Gasteiger partial charge in [-0.1, -0.05) is 36.4 Å². The molecular formula is C25H22N2OS. The summed E-state index contributed by atoms with van der Waals surface area (Å²) >= 11 is 0. The highest BCUT2D eigenvalue weighted by Gasteiger charge is 2.36. The number of fused-ring (bicyclic) bond motifs is 6. The smallest absolute Gasteiger partial charge is 0.0849 e. The van der Waals surface area contributed by atoms with Gasteiger partial charge in [0.1, 0.15) is 0 Å². The number of aromatic nitrogens is 1. The molecule has 3 heterocycles. The molecule has 3 aromatic carbocycles. The first kappa shape index (κ1) is 17.2. The van der Waals surface area contributed by atoms with Crippen LogP contribution >= 0.6 is 0 Å². The molecule has 0 radical (unpaired) electrons. The van der Waals surface area contributed by atoms with Gasteiger partial charge in [0, 0.05) is 45.1 Å². The average molecular weight is 399 g/mol. The molecule has 4 heteroatoms. The number of hydrogen-bond donors (Lipinski definition) is 1. The van der Waals surface area contributed by atoms with Crippen LogP contribution in [0.15, 0.2) is 88.7 Å². The highest BCUT2D eigenvalue weighted by atomic mass is 32.2. The Hall–Kier alpha value is -2.69. The molecule has 3 atom stereocenters. The molecule has 0 aliphatic carbocycles. The summed E-state index contributed by atoms with van der Waals surface area (Å²) in [6.07, 6.45) is 3.45. The molecular weight excluding hydrogens is 376 g/mol. The van der Waals surface area contributed by atoms with E-state index in [1.54, 1.807) is 0 Å². The Morgan fingerprint density at radius 1 is 0.862 bits per heavy atom. The third-order valence-electron chi connectivity index (χ3n) is 6.29. The molecule has 2 aliphatic rings. The summed E-state index contributed by atoms with van der Waals surface area (Å²) in [4.78, 5) is 1.72. The van der Waals surface area contributed by atoms with Crippen molar-refractivity contribution < 1.29 is 4.21 Å². The van der Waals surface area contributed by atoms with Crippen molar-refractivity contribution in [2.45, 2.75) is 41.1 Å². The Balaban J connectivity index is 1.59. The van der Waals surface area contributed by atoms with Gasteiger partial charge in [-0.2, -0.15) is 0 Å². The second kappa shape index (κ2) is 6.68. The Kier molecular flexibility index (Phi) is 3.96. The molecule has 1 saturated heterocycles. The van der Waals surface area contributed by atoms with Gasteiger partial charge in [0.2, 0.25) is 0 Å². The van der Waals surface area contributed by atoms with E-state index in [1.807, 2.05) is 36.4 Å². The molecule has 29 heavy (non-hydrogen) atoms. The van der Waals surface area contributed by atoms with Crippen molar-refractivity contribution in [1.29, 1.82) is 0 Å². The van der Waals surface area contributed by atoms with Crippen molar-refractivity contribution in [2.24, 2.45) is 0 Å². The fourth-order valence-electron chi connectivity index (χ4n) is 5.05. The van der Waals surface area contributed by atoms with Crippen LogP contribution in [0.5, 0.6) is 0 Å². The molecule has 1 aromatic heterocycles. The van der Waals surface area contributed by atoms with Gasteiger partial charge < -0.3 is 9.88 Å². The van der Waals surface area contributed by atoms with E-state index in [-0.39, 0.29) is 0 Å².